The molecule has 0 saturated carbocycles. The lowest BCUT2D eigenvalue weighted by Gasteiger charge is -2.22. The molecular formula is C9H18N2O2. The van der Waals surface area contributed by atoms with Crippen molar-refractivity contribution in [3.05, 3.63) is 0 Å². The number of hydrogen-bond donors (Lipinski definition) is 2. The largest absolute Gasteiger partial charge is 0.387 e. The van der Waals surface area contributed by atoms with Crippen LogP contribution in [0.3, 0.4) is 0 Å². The molecule has 0 aromatic rings. The van der Waals surface area contributed by atoms with Gasteiger partial charge in [-0.3, -0.25) is 4.79 Å². The molecule has 0 aromatic carbocycles. The summed E-state index contributed by atoms with van der Waals surface area (Å²) < 4.78 is 0. The van der Waals surface area contributed by atoms with E-state index in [0.29, 0.717) is 19.5 Å². The number of β-amino-alcohol motifs (C(OH)–C–C–N with tert-alkyl or cyclic N) is 1. The summed E-state index contributed by atoms with van der Waals surface area (Å²) in [6, 6.07) is 0. The zero-order valence-electron chi connectivity index (χ0n) is 8.29. The molecule has 1 unspecified atom stereocenters. The van der Waals surface area contributed by atoms with E-state index in [1.54, 1.807) is 4.90 Å². The van der Waals surface area contributed by atoms with Crippen molar-refractivity contribution in [2.75, 3.05) is 19.6 Å². The van der Waals surface area contributed by atoms with Gasteiger partial charge in [-0.1, -0.05) is 13.8 Å². The highest BCUT2D eigenvalue weighted by molar-refractivity contribution is 5.78. The molecule has 4 nitrogen and oxygen atoms in total. The summed E-state index contributed by atoms with van der Waals surface area (Å²) in [6.07, 6.45) is 0.599. The minimum atomic E-state index is -0.843. The van der Waals surface area contributed by atoms with Crippen LogP contribution >= 0.6 is 0 Å². The van der Waals surface area contributed by atoms with Crippen LogP contribution in [0.1, 0.15) is 20.3 Å². The van der Waals surface area contributed by atoms with Gasteiger partial charge in [0.2, 0.25) is 5.91 Å². The first kappa shape index (κ1) is 10.5. The first-order chi connectivity index (χ1) is 5.98. The van der Waals surface area contributed by atoms with Crippen molar-refractivity contribution >= 4 is 5.91 Å². The molecule has 76 valence electrons. The lowest BCUT2D eigenvalue weighted by Crippen LogP contribution is -2.42. The summed E-state index contributed by atoms with van der Waals surface area (Å²) in [5.74, 6) is 0.101. The smallest absolute Gasteiger partial charge is 0.225 e. The Labute approximate surface area is 78.7 Å². The van der Waals surface area contributed by atoms with Gasteiger partial charge in [0.15, 0.2) is 0 Å². The zero-order valence-corrected chi connectivity index (χ0v) is 8.29. The van der Waals surface area contributed by atoms with Crippen molar-refractivity contribution in [2.24, 2.45) is 11.7 Å². The van der Waals surface area contributed by atoms with E-state index in [9.17, 15) is 9.90 Å². The molecule has 1 aliphatic rings. The normalized spacial score (nSPS) is 28.5. The molecule has 1 fully saturated rings. The Morgan fingerprint density at radius 2 is 2.31 bits per heavy atom. The molecule has 13 heavy (non-hydrogen) atoms. The van der Waals surface area contributed by atoms with Gasteiger partial charge in [-0.2, -0.15) is 0 Å². The maximum Gasteiger partial charge on any atom is 0.225 e. The van der Waals surface area contributed by atoms with Gasteiger partial charge in [0.05, 0.1) is 12.1 Å². The number of amides is 1. The second-order valence-corrected chi connectivity index (χ2v) is 4.09. The molecular weight excluding hydrogens is 168 g/mol. The molecule has 1 rings (SSSR count). The Bertz CT molecular complexity index is 206. The van der Waals surface area contributed by atoms with Gasteiger partial charge in [-0.15, -0.1) is 0 Å². The minimum absolute atomic E-state index is 0.000115. The molecule has 0 aliphatic carbocycles. The predicted molar refractivity (Wildman–Crippen MR) is 50.0 cm³/mol. The summed E-state index contributed by atoms with van der Waals surface area (Å²) in [6.45, 7) is 4.98. The highest BCUT2D eigenvalue weighted by atomic mass is 16.3. The summed E-state index contributed by atoms with van der Waals surface area (Å²) in [5, 5.41) is 9.78. The van der Waals surface area contributed by atoms with E-state index in [4.69, 9.17) is 5.73 Å². The molecule has 0 aromatic heterocycles. The Morgan fingerprint density at radius 1 is 1.69 bits per heavy atom. The fourth-order valence-electron chi connectivity index (χ4n) is 1.58. The van der Waals surface area contributed by atoms with Gasteiger partial charge in [0, 0.05) is 19.0 Å². The molecule has 4 heteroatoms. The Hall–Kier alpha value is -0.610. The number of likely N-dealkylation sites (tertiary alicyclic amines) is 1. The molecule has 0 spiro atoms. The van der Waals surface area contributed by atoms with Gasteiger partial charge in [-0.25, -0.2) is 0 Å². The van der Waals surface area contributed by atoms with Crippen molar-refractivity contribution in [3.63, 3.8) is 0 Å². The average molecular weight is 186 g/mol. The van der Waals surface area contributed by atoms with E-state index in [0.717, 1.165) is 0 Å². The number of rotatable bonds is 2. The van der Waals surface area contributed by atoms with Crippen molar-refractivity contribution in [1.82, 2.24) is 4.90 Å². The standard InChI is InChI=1S/C9H18N2O2/c1-7(2)8(12)11-4-3-9(13,5-10)6-11/h7,13H,3-6,10H2,1-2H3. The van der Waals surface area contributed by atoms with Crippen LogP contribution in [0.4, 0.5) is 0 Å². The Kier molecular flexibility index (Phi) is 2.93. The first-order valence-corrected chi connectivity index (χ1v) is 4.70. The third kappa shape index (κ3) is 2.19. The molecule has 1 aliphatic heterocycles. The second-order valence-electron chi connectivity index (χ2n) is 4.09. The maximum atomic E-state index is 11.5. The molecule has 0 bridgehead atoms. The third-order valence-corrected chi connectivity index (χ3v) is 2.52. The van der Waals surface area contributed by atoms with Crippen LogP contribution in [-0.4, -0.2) is 41.1 Å². The molecule has 1 heterocycles. The fraction of sp³-hybridized carbons (Fsp3) is 0.889. The van der Waals surface area contributed by atoms with E-state index in [-0.39, 0.29) is 18.4 Å². The molecule has 1 atom stereocenters. The van der Waals surface area contributed by atoms with Gasteiger partial charge < -0.3 is 15.7 Å². The average Bonchev–Trinajstić information content (AvgIpc) is 2.47. The van der Waals surface area contributed by atoms with Crippen LogP contribution < -0.4 is 5.73 Å². The number of aliphatic hydroxyl groups is 1. The minimum Gasteiger partial charge on any atom is -0.387 e. The van der Waals surface area contributed by atoms with Crippen LogP contribution in [0.15, 0.2) is 0 Å². The number of carbonyl (C=O) groups is 1. The maximum absolute atomic E-state index is 11.5. The number of nitrogens with two attached hydrogens (primary N) is 1. The highest BCUT2D eigenvalue weighted by Crippen LogP contribution is 2.21. The van der Waals surface area contributed by atoms with Crippen LogP contribution in [0.2, 0.25) is 0 Å². The SMILES string of the molecule is CC(C)C(=O)N1CCC(O)(CN)C1. The summed E-state index contributed by atoms with van der Waals surface area (Å²) in [4.78, 5) is 13.2. The predicted octanol–water partition coefficient (Wildman–Crippen LogP) is -0.435. The number of carbonyl (C=O) groups excluding carboxylic acids is 1. The Morgan fingerprint density at radius 3 is 2.69 bits per heavy atom. The fourth-order valence-corrected chi connectivity index (χ4v) is 1.58. The summed E-state index contributed by atoms with van der Waals surface area (Å²) in [5.41, 5.74) is 4.58. The van der Waals surface area contributed by atoms with E-state index >= 15 is 0 Å². The molecule has 1 saturated heterocycles. The van der Waals surface area contributed by atoms with Crippen molar-refractivity contribution < 1.29 is 9.90 Å². The highest BCUT2D eigenvalue weighted by Gasteiger charge is 2.37. The number of nitrogens with zero attached hydrogens (tertiary/aromatic N) is 1. The monoisotopic (exact) mass is 186 g/mol. The molecule has 1 amide bonds. The molecule has 3 N–H and O–H groups in total. The Balaban J connectivity index is 2.55. The van der Waals surface area contributed by atoms with E-state index in [2.05, 4.69) is 0 Å². The van der Waals surface area contributed by atoms with Crippen LogP contribution in [-0.2, 0) is 4.79 Å². The number of hydrogen-bond acceptors (Lipinski definition) is 3. The first-order valence-electron chi connectivity index (χ1n) is 4.70. The van der Waals surface area contributed by atoms with E-state index in [1.165, 1.54) is 0 Å². The third-order valence-electron chi connectivity index (χ3n) is 2.52. The van der Waals surface area contributed by atoms with Gasteiger partial charge in [0.1, 0.15) is 0 Å². The van der Waals surface area contributed by atoms with Gasteiger partial charge >= 0.3 is 0 Å². The van der Waals surface area contributed by atoms with Crippen molar-refractivity contribution in [1.29, 1.82) is 0 Å². The lowest BCUT2D eigenvalue weighted by atomic mass is 10.0. The van der Waals surface area contributed by atoms with E-state index in [1.807, 2.05) is 13.8 Å². The quantitative estimate of drug-likeness (QED) is 0.614. The van der Waals surface area contributed by atoms with Crippen LogP contribution in [0.5, 0.6) is 0 Å². The summed E-state index contributed by atoms with van der Waals surface area (Å²) >= 11 is 0. The van der Waals surface area contributed by atoms with Crippen LogP contribution in [0.25, 0.3) is 0 Å². The topological polar surface area (TPSA) is 66.6 Å². The zero-order chi connectivity index (χ0) is 10.1. The second kappa shape index (κ2) is 3.64. The lowest BCUT2D eigenvalue weighted by molar-refractivity contribution is -0.134. The van der Waals surface area contributed by atoms with E-state index < -0.39 is 5.60 Å². The van der Waals surface area contributed by atoms with Gasteiger partial charge in [-0.05, 0) is 6.42 Å². The van der Waals surface area contributed by atoms with Crippen molar-refractivity contribution in [3.8, 4) is 0 Å². The van der Waals surface area contributed by atoms with Gasteiger partial charge in [0.25, 0.3) is 0 Å². The van der Waals surface area contributed by atoms with Crippen molar-refractivity contribution in [2.45, 2.75) is 25.9 Å². The summed E-state index contributed by atoms with van der Waals surface area (Å²) in [7, 11) is 0. The molecule has 0 radical (unpaired) electrons. The van der Waals surface area contributed by atoms with Crippen LogP contribution in [0, 0.1) is 5.92 Å².